The number of ether oxygens (including phenoxy) is 1. The van der Waals surface area contributed by atoms with Crippen molar-refractivity contribution >= 4 is 28.9 Å². The number of benzene rings is 2. The molecule has 26 heavy (non-hydrogen) atoms. The first-order valence-corrected chi connectivity index (χ1v) is 9.25. The van der Waals surface area contributed by atoms with Gasteiger partial charge in [0, 0.05) is 34.5 Å². The van der Waals surface area contributed by atoms with Gasteiger partial charge in [-0.25, -0.2) is 0 Å². The number of nitrogens with zero attached hydrogens (tertiary/aromatic N) is 2. The van der Waals surface area contributed by atoms with Gasteiger partial charge < -0.3 is 9.64 Å². The number of hydrogen-bond acceptors (Lipinski definition) is 3. The van der Waals surface area contributed by atoms with Crippen molar-refractivity contribution in [2.75, 3.05) is 11.6 Å². The van der Waals surface area contributed by atoms with Gasteiger partial charge in [0.2, 0.25) is 0 Å². The van der Waals surface area contributed by atoms with Gasteiger partial charge in [-0.05, 0) is 53.6 Å². The average Bonchev–Trinajstić information content (AvgIpc) is 2.69. The van der Waals surface area contributed by atoms with Gasteiger partial charge in [-0.2, -0.15) is 0 Å². The van der Waals surface area contributed by atoms with Crippen molar-refractivity contribution in [1.29, 1.82) is 0 Å². The largest absolute Gasteiger partial charge is 0.353 e. The minimum absolute atomic E-state index is 0.0148. The Morgan fingerprint density at radius 1 is 0.885 bits per heavy atom. The molecule has 2 aromatic carbocycles. The first kappa shape index (κ1) is 17.3. The van der Waals surface area contributed by atoms with Crippen LogP contribution < -0.4 is 4.90 Å². The zero-order valence-corrected chi connectivity index (χ0v) is 15.6. The maximum atomic E-state index is 6.18. The molecule has 1 aromatic heterocycles. The molecule has 3 nitrogen and oxygen atoms in total. The van der Waals surface area contributed by atoms with Crippen molar-refractivity contribution in [3.63, 3.8) is 0 Å². The Labute approximate surface area is 163 Å². The summed E-state index contributed by atoms with van der Waals surface area (Å²) in [5.74, 6) is 0. The molecule has 0 aliphatic carbocycles. The van der Waals surface area contributed by atoms with Crippen molar-refractivity contribution in [3.05, 3.63) is 94.2 Å². The molecule has 2 atom stereocenters. The maximum absolute atomic E-state index is 6.18. The second kappa shape index (κ2) is 7.67. The van der Waals surface area contributed by atoms with Crippen LogP contribution in [0.5, 0.6) is 0 Å². The Balaban J connectivity index is 1.65. The van der Waals surface area contributed by atoms with Gasteiger partial charge in [-0.1, -0.05) is 41.4 Å². The highest BCUT2D eigenvalue weighted by Gasteiger charge is 2.31. The molecule has 0 bridgehead atoms. The van der Waals surface area contributed by atoms with Gasteiger partial charge >= 0.3 is 0 Å². The second-order valence-corrected chi connectivity index (χ2v) is 7.19. The lowest BCUT2D eigenvalue weighted by atomic mass is 9.94. The summed E-state index contributed by atoms with van der Waals surface area (Å²) in [4.78, 5) is 6.56. The fourth-order valence-electron chi connectivity index (χ4n) is 3.34. The highest BCUT2D eigenvalue weighted by molar-refractivity contribution is 6.30. The predicted molar refractivity (Wildman–Crippen MR) is 106 cm³/mol. The lowest BCUT2D eigenvalue weighted by Gasteiger charge is -2.41. The normalized spacial score (nSPS) is 20.2. The van der Waals surface area contributed by atoms with E-state index < -0.39 is 0 Å². The lowest BCUT2D eigenvalue weighted by Crippen LogP contribution is -2.37. The summed E-state index contributed by atoms with van der Waals surface area (Å²) in [7, 11) is 0. The molecule has 3 aromatic rings. The molecule has 0 saturated carbocycles. The standard InChI is InChI=1S/C21H18Cl2N2O/c22-17-5-3-15(4-6-17)21-12-20(16-2-1-11-24-13-16)25(14-26-21)19-9-7-18(23)8-10-19/h1-11,13,20-21H,12,14H2. The maximum Gasteiger partial charge on any atom is 0.120 e. The Kier molecular flexibility index (Phi) is 5.11. The summed E-state index contributed by atoms with van der Waals surface area (Å²) in [6.45, 7) is 0.495. The van der Waals surface area contributed by atoms with Crippen molar-refractivity contribution in [1.82, 2.24) is 4.98 Å². The van der Waals surface area contributed by atoms with E-state index in [1.165, 1.54) is 5.56 Å². The monoisotopic (exact) mass is 384 g/mol. The fraction of sp³-hybridized carbons (Fsp3) is 0.190. The van der Waals surface area contributed by atoms with Crippen LogP contribution in [-0.4, -0.2) is 11.7 Å². The molecule has 0 amide bonds. The van der Waals surface area contributed by atoms with Crippen LogP contribution in [0.2, 0.25) is 10.0 Å². The molecular weight excluding hydrogens is 367 g/mol. The van der Waals surface area contributed by atoms with Crippen LogP contribution in [0.15, 0.2) is 73.1 Å². The Morgan fingerprint density at radius 2 is 1.58 bits per heavy atom. The molecule has 0 spiro atoms. The van der Waals surface area contributed by atoms with Gasteiger partial charge in [-0.3, -0.25) is 4.98 Å². The van der Waals surface area contributed by atoms with Gasteiger partial charge in [0.05, 0.1) is 12.1 Å². The zero-order valence-electron chi connectivity index (χ0n) is 14.1. The Bertz CT molecular complexity index is 853. The Morgan fingerprint density at radius 3 is 2.23 bits per heavy atom. The minimum atomic E-state index is 0.0148. The fourth-order valence-corrected chi connectivity index (χ4v) is 3.60. The zero-order chi connectivity index (χ0) is 17.9. The van der Waals surface area contributed by atoms with E-state index in [4.69, 9.17) is 27.9 Å². The van der Waals surface area contributed by atoms with E-state index in [0.29, 0.717) is 6.73 Å². The summed E-state index contributed by atoms with van der Waals surface area (Å²) < 4.78 is 6.18. The first-order chi connectivity index (χ1) is 12.7. The summed E-state index contributed by atoms with van der Waals surface area (Å²) in [6.07, 6.45) is 4.57. The number of rotatable bonds is 3. The summed E-state index contributed by atoms with van der Waals surface area (Å²) in [6, 6.07) is 20.0. The van der Waals surface area contributed by atoms with Gasteiger partial charge in [0.15, 0.2) is 0 Å². The molecule has 1 saturated heterocycles. The van der Waals surface area contributed by atoms with Gasteiger partial charge in [0.25, 0.3) is 0 Å². The van der Waals surface area contributed by atoms with E-state index >= 15 is 0 Å². The number of hydrogen-bond donors (Lipinski definition) is 0. The number of anilines is 1. The van der Waals surface area contributed by atoms with E-state index in [9.17, 15) is 0 Å². The van der Waals surface area contributed by atoms with Crippen molar-refractivity contribution in [2.45, 2.75) is 18.6 Å². The van der Waals surface area contributed by atoms with Crippen molar-refractivity contribution in [3.8, 4) is 0 Å². The molecule has 4 rings (SSSR count). The number of aromatic nitrogens is 1. The summed E-state index contributed by atoms with van der Waals surface area (Å²) in [5.41, 5.74) is 3.39. The third-order valence-electron chi connectivity index (χ3n) is 4.70. The first-order valence-electron chi connectivity index (χ1n) is 8.50. The Hall–Kier alpha value is -2.07. The molecule has 2 unspecified atom stereocenters. The van der Waals surface area contributed by atoms with Crippen LogP contribution in [0.1, 0.15) is 29.7 Å². The third kappa shape index (κ3) is 3.70. The highest BCUT2D eigenvalue weighted by atomic mass is 35.5. The van der Waals surface area contributed by atoms with Gasteiger partial charge in [0.1, 0.15) is 6.73 Å². The molecule has 0 N–H and O–H groups in total. The van der Waals surface area contributed by atoms with E-state index in [-0.39, 0.29) is 12.1 Å². The second-order valence-electron chi connectivity index (χ2n) is 6.32. The molecule has 1 aliphatic heterocycles. The van der Waals surface area contributed by atoms with Crippen molar-refractivity contribution in [2.24, 2.45) is 0 Å². The third-order valence-corrected chi connectivity index (χ3v) is 5.20. The molecule has 132 valence electrons. The molecule has 0 radical (unpaired) electrons. The van der Waals surface area contributed by atoms with E-state index in [0.717, 1.165) is 27.7 Å². The molecular formula is C21H18Cl2N2O. The van der Waals surface area contributed by atoms with Crippen LogP contribution in [0.25, 0.3) is 0 Å². The molecule has 5 heteroatoms. The minimum Gasteiger partial charge on any atom is -0.353 e. The van der Waals surface area contributed by atoms with Crippen LogP contribution in [0.3, 0.4) is 0 Å². The van der Waals surface area contributed by atoms with E-state index in [1.807, 2.05) is 60.8 Å². The van der Waals surface area contributed by atoms with Crippen LogP contribution in [0.4, 0.5) is 5.69 Å². The SMILES string of the molecule is Clc1ccc(C2CC(c3cccnc3)N(c3ccc(Cl)cc3)CO2)cc1. The summed E-state index contributed by atoms with van der Waals surface area (Å²) in [5, 5.41) is 1.46. The number of halogens is 2. The summed E-state index contributed by atoms with van der Waals surface area (Å²) >= 11 is 12.1. The topological polar surface area (TPSA) is 25.4 Å². The average molecular weight is 385 g/mol. The van der Waals surface area contributed by atoms with Gasteiger partial charge in [-0.15, -0.1) is 0 Å². The highest BCUT2D eigenvalue weighted by Crippen LogP contribution is 2.40. The molecule has 1 aliphatic rings. The molecule has 2 heterocycles. The van der Waals surface area contributed by atoms with E-state index in [2.05, 4.69) is 16.0 Å². The van der Waals surface area contributed by atoms with Crippen molar-refractivity contribution < 1.29 is 4.74 Å². The van der Waals surface area contributed by atoms with Crippen LogP contribution >= 0.6 is 23.2 Å². The molecule has 1 fully saturated rings. The predicted octanol–water partition coefficient (Wildman–Crippen LogP) is 6.06. The lowest BCUT2D eigenvalue weighted by molar-refractivity contribution is 0.00718. The van der Waals surface area contributed by atoms with E-state index in [1.54, 1.807) is 6.20 Å². The quantitative estimate of drug-likeness (QED) is 0.548. The smallest absolute Gasteiger partial charge is 0.120 e. The van der Waals surface area contributed by atoms with Crippen LogP contribution in [-0.2, 0) is 4.74 Å². The number of pyridine rings is 1. The van der Waals surface area contributed by atoms with Crippen LogP contribution in [0, 0.1) is 0 Å².